The minimum Gasteiger partial charge on any atom is -0.476 e. The number of nitrogens with zero attached hydrogens (tertiary/aromatic N) is 5. The van der Waals surface area contributed by atoms with Crippen molar-refractivity contribution < 1.29 is 18.8 Å². The van der Waals surface area contributed by atoms with Gasteiger partial charge in [-0.15, -0.1) is 0 Å². The van der Waals surface area contributed by atoms with Crippen molar-refractivity contribution in [2.45, 2.75) is 69.2 Å². The first-order valence-electron chi connectivity index (χ1n) is 13.2. The summed E-state index contributed by atoms with van der Waals surface area (Å²) in [5, 5.41) is 17.1. The molecule has 7 rings (SSSR count). The van der Waals surface area contributed by atoms with Gasteiger partial charge in [-0.05, 0) is 69.7 Å². The van der Waals surface area contributed by atoms with Crippen LogP contribution in [0, 0.1) is 12.7 Å². The zero-order valence-electron chi connectivity index (χ0n) is 22.3. The Morgan fingerprint density at radius 2 is 1.80 bits per heavy atom. The first-order valence-corrected chi connectivity index (χ1v) is 13.6. The molecule has 3 aliphatic rings. The molecular weight excluding hydrogens is 539 g/mol. The first-order chi connectivity index (χ1) is 19.0. The average molecular weight is 567 g/mol. The highest BCUT2D eigenvalue weighted by Crippen LogP contribution is 2.57. The number of carboxylic acid groups (broad SMARTS) is 1. The number of hydrogen-bond acceptors (Lipinski definition) is 8. The van der Waals surface area contributed by atoms with Crippen molar-refractivity contribution in [2.75, 3.05) is 5.32 Å². The zero-order valence-corrected chi connectivity index (χ0v) is 23.0. The lowest BCUT2D eigenvalue weighted by atomic mass is 9.53. The molecule has 0 saturated heterocycles. The van der Waals surface area contributed by atoms with E-state index in [1.54, 1.807) is 25.5 Å². The van der Waals surface area contributed by atoms with Crippen molar-refractivity contribution in [2.24, 2.45) is 7.05 Å². The van der Waals surface area contributed by atoms with Gasteiger partial charge in [-0.2, -0.15) is 4.98 Å². The van der Waals surface area contributed by atoms with Gasteiger partial charge in [0.15, 0.2) is 11.5 Å². The van der Waals surface area contributed by atoms with Gasteiger partial charge in [0, 0.05) is 30.4 Å². The van der Waals surface area contributed by atoms with Gasteiger partial charge in [0.25, 0.3) is 5.56 Å². The number of carboxylic acids is 1. The maximum atomic E-state index is 14.8. The van der Waals surface area contributed by atoms with E-state index in [2.05, 4.69) is 20.4 Å². The third-order valence-corrected chi connectivity index (χ3v) is 9.01. The van der Waals surface area contributed by atoms with Crippen LogP contribution in [-0.2, 0) is 17.9 Å². The fourth-order valence-electron chi connectivity index (χ4n) is 6.57. The van der Waals surface area contributed by atoms with E-state index in [-0.39, 0.29) is 38.3 Å². The number of carbonyl (C=O) groups is 1. The van der Waals surface area contributed by atoms with Crippen LogP contribution in [0.25, 0.3) is 10.9 Å². The van der Waals surface area contributed by atoms with Crippen molar-refractivity contribution in [3.8, 4) is 0 Å². The maximum Gasteiger partial charge on any atom is 0.356 e. The molecule has 1 aromatic carbocycles. The Labute approximate surface area is 233 Å². The number of aromatic nitrogens is 5. The third kappa shape index (κ3) is 4.14. The van der Waals surface area contributed by atoms with Gasteiger partial charge in [0.1, 0.15) is 16.8 Å². The molecule has 0 unspecified atom stereocenters. The largest absolute Gasteiger partial charge is 0.476 e. The topological polar surface area (TPSA) is 136 Å². The lowest BCUT2D eigenvalue weighted by Crippen LogP contribution is -2.49. The molecule has 4 aromatic rings. The molecule has 3 aromatic heterocycles. The highest BCUT2D eigenvalue weighted by Gasteiger charge is 2.53. The van der Waals surface area contributed by atoms with Gasteiger partial charge < -0.3 is 14.9 Å². The molecule has 3 aliphatic carbocycles. The molecule has 2 N–H and O–H groups in total. The van der Waals surface area contributed by atoms with E-state index in [9.17, 15) is 19.1 Å². The normalized spacial score (nSPS) is 22.9. The van der Waals surface area contributed by atoms with E-state index in [1.165, 1.54) is 24.3 Å². The van der Waals surface area contributed by atoms with Crippen LogP contribution in [0.3, 0.4) is 0 Å². The van der Waals surface area contributed by atoms with Gasteiger partial charge in [0.05, 0.1) is 22.6 Å². The quantitative estimate of drug-likeness (QED) is 0.301. The van der Waals surface area contributed by atoms with Crippen LogP contribution < -0.4 is 10.9 Å². The summed E-state index contributed by atoms with van der Waals surface area (Å²) in [6.45, 7) is 3.55. The number of aromatic carboxylic acids is 1. The SMILES string of the molecule is Cc1nc(C23CCC(c4nc5c([C@@H](C)Nc6ccc(Cl)nc6C(=O)O)cc(F)cc5c(=O)n4C)(CC2)CC3)no1. The summed E-state index contributed by atoms with van der Waals surface area (Å²) in [4.78, 5) is 38.9. The summed E-state index contributed by atoms with van der Waals surface area (Å²) >= 11 is 5.90. The fourth-order valence-corrected chi connectivity index (χ4v) is 6.71. The molecule has 0 radical (unpaired) electrons. The molecular formula is C28H28ClFN6O4. The van der Waals surface area contributed by atoms with E-state index in [4.69, 9.17) is 21.1 Å². The Kier molecular flexibility index (Phi) is 6.17. The second kappa shape index (κ2) is 9.36. The fraction of sp³-hybridized carbons (Fsp3) is 0.429. The number of pyridine rings is 1. The lowest BCUT2D eigenvalue weighted by molar-refractivity contribution is 0.0691. The van der Waals surface area contributed by atoms with Gasteiger partial charge in [-0.3, -0.25) is 9.36 Å². The third-order valence-electron chi connectivity index (χ3n) is 8.80. The van der Waals surface area contributed by atoms with Crippen LogP contribution in [0.4, 0.5) is 10.1 Å². The van der Waals surface area contributed by atoms with Crippen LogP contribution >= 0.6 is 11.6 Å². The second-order valence-corrected chi connectivity index (χ2v) is 11.5. The predicted octanol–water partition coefficient (Wildman–Crippen LogP) is 5.23. The van der Waals surface area contributed by atoms with Gasteiger partial charge in [-0.25, -0.2) is 19.2 Å². The van der Waals surface area contributed by atoms with Gasteiger partial charge in [-0.1, -0.05) is 16.8 Å². The van der Waals surface area contributed by atoms with E-state index in [0.717, 1.165) is 44.3 Å². The maximum absolute atomic E-state index is 14.8. The number of halogens is 2. The molecule has 208 valence electrons. The Morgan fingerprint density at radius 3 is 2.42 bits per heavy atom. The summed E-state index contributed by atoms with van der Waals surface area (Å²) < 4.78 is 21.7. The molecule has 2 bridgehead atoms. The minimum absolute atomic E-state index is 0.0410. The van der Waals surface area contributed by atoms with Crippen LogP contribution in [0.15, 0.2) is 33.6 Å². The molecule has 10 nitrogen and oxygen atoms in total. The molecule has 0 spiro atoms. The monoisotopic (exact) mass is 566 g/mol. The van der Waals surface area contributed by atoms with Crippen LogP contribution in [0.2, 0.25) is 5.15 Å². The number of anilines is 1. The summed E-state index contributed by atoms with van der Waals surface area (Å²) in [5.41, 5.74) is 0.0460. The van der Waals surface area contributed by atoms with Crippen molar-refractivity contribution >= 4 is 34.2 Å². The molecule has 3 fully saturated rings. The molecule has 0 amide bonds. The molecule has 1 atom stereocenters. The highest BCUT2D eigenvalue weighted by atomic mass is 35.5. The molecule has 40 heavy (non-hydrogen) atoms. The molecule has 3 saturated carbocycles. The van der Waals surface area contributed by atoms with E-state index >= 15 is 0 Å². The van der Waals surface area contributed by atoms with Crippen molar-refractivity contribution in [1.82, 2.24) is 24.7 Å². The number of benzene rings is 1. The minimum atomic E-state index is -1.25. The van der Waals surface area contributed by atoms with Gasteiger partial charge >= 0.3 is 5.97 Å². The number of aryl methyl sites for hydroxylation is 1. The van der Waals surface area contributed by atoms with Crippen LogP contribution in [-0.4, -0.2) is 35.8 Å². The molecule has 0 aliphatic heterocycles. The Bertz CT molecular complexity index is 1710. The standard InChI is InChI=1S/C28H28ClFN6O4/c1-14(31-19-4-5-20(29)33-22(19)24(38)39)17-12-16(30)13-18-21(17)34-26(36(3)23(18)37)28-9-6-27(7-10-28,8-11-28)25-32-15(2)40-35-25/h4-5,12-14,31H,6-11H2,1-3H3,(H,38,39)/t14-,27?,28?/m1/s1. The summed E-state index contributed by atoms with van der Waals surface area (Å²) in [7, 11) is 1.70. The van der Waals surface area contributed by atoms with Crippen LogP contribution in [0.1, 0.15) is 85.1 Å². The zero-order chi connectivity index (χ0) is 28.4. The number of fused-ring (bicyclic) bond motifs is 4. The lowest BCUT2D eigenvalue weighted by Gasteiger charge is -2.51. The summed E-state index contributed by atoms with van der Waals surface area (Å²) in [6, 6.07) is 4.93. The Hall–Kier alpha value is -3.86. The number of rotatable bonds is 6. The summed E-state index contributed by atoms with van der Waals surface area (Å²) in [5.74, 6) is 0.161. The average Bonchev–Trinajstić information content (AvgIpc) is 3.39. The van der Waals surface area contributed by atoms with Gasteiger partial charge in [0.2, 0.25) is 5.89 Å². The summed E-state index contributed by atoms with van der Waals surface area (Å²) in [6.07, 6.45) is 5.01. The Morgan fingerprint density at radius 1 is 1.12 bits per heavy atom. The van der Waals surface area contributed by atoms with Crippen molar-refractivity contribution in [3.05, 3.63) is 74.4 Å². The predicted molar refractivity (Wildman–Crippen MR) is 145 cm³/mol. The smallest absolute Gasteiger partial charge is 0.356 e. The van der Waals surface area contributed by atoms with Crippen molar-refractivity contribution in [3.63, 3.8) is 0 Å². The van der Waals surface area contributed by atoms with E-state index in [0.29, 0.717) is 22.8 Å². The number of nitrogens with one attached hydrogen (secondary N) is 1. The first kappa shape index (κ1) is 26.4. The highest BCUT2D eigenvalue weighted by molar-refractivity contribution is 6.29. The van der Waals surface area contributed by atoms with E-state index in [1.807, 2.05) is 0 Å². The second-order valence-electron chi connectivity index (χ2n) is 11.1. The van der Waals surface area contributed by atoms with Crippen molar-refractivity contribution in [1.29, 1.82) is 0 Å². The van der Waals surface area contributed by atoms with E-state index < -0.39 is 17.8 Å². The van der Waals surface area contributed by atoms with Crippen LogP contribution in [0.5, 0.6) is 0 Å². The molecule has 12 heteroatoms. The molecule has 3 heterocycles. The number of hydrogen-bond donors (Lipinski definition) is 2. The Balaban J connectivity index is 1.41.